The number of hydrogen-bond acceptors (Lipinski definition) is 4. The van der Waals surface area contributed by atoms with Crippen molar-refractivity contribution in [3.63, 3.8) is 0 Å². The summed E-state index contributed by atoms with van der Waals surface area (Å²) in [6.45, 7) is 0. The summed E-state index contributed by atoms with van der Waals surface area (Å²) in [6.07, 6.45) is 0. The van der Waals surface area contributed by atoms with Gasteiger partial charge in [0.1, 0.15) is 5.37 Å². The molecule has 2 aromatic heterocycles. The van der Waals surface area contributed by atoms with Crippen molar-refractivity contribution in [2.24, 2.45) is 0 Å². The Morgan fingerprint density at radius 3 is 2.44 bits per heavy atom. The quantitative estimate of drug-likeness (QED) is 0.667. The van der Waals surface area contributed by atoms with Crippen molar-refractivity contribution in [2.75, 3.05) is 10.7 Å². The molecular weight excluding hydrogens is 418 g/mol. The molecule has 1 atom stereocenters. The summed E-state index contributed by atoms with van der Waals surface area (Å²) in [6, 6.07) is 8.10. The number of amides is 1. The first-order valence-electron chi connectivity index (χ1n) is 5.09. The molecule has 0 spiro atoms. The monoisotopic (exact) mass is 423 g/mol. The average Bonchev–Trinajstić information content (AvgIpc) is 2.99. The summed E-state index contributed by atoms with van der Waals surface area (Å²) >= 11 is 11.9. The molecule has 1 unspecified atom stereocenters. The molecule has 0 N–H and O–H groups in total. The predicted octanol–water partition coefficient (Wildman–Crippen LogP) is 5.11. The summed E-state index contributed by atoms with van der Waals surface area (Å²) in [5, 5.41) is 1.12. The Morgan fingerprint density at radius 2 is 1.83 bits per heavy atom. The zero-order valence-electron chi connectivity index (χ0n) is 8.93. The van der Waals surface area contributed by atoms with Crippen LogP contribution in [-0.2, 0) is 4.79 Å². The van der Waals surface area contributed by atoms with Crippen LogP contribution in [0.3, 0.4) is 0 Å². The molecule has 1 fully saturated rings. The lowest BCUT2D eigenvalue weighted by molar-refractivity contribution is -0.115. The molecule has 7 heteroatoms. The third-order valence-corrected chi connectivity index (χ3v) is 7.14. The summed E-state index contributed by atoms with van der Waals surface area (Å²) in [7, 11) is 0. The summed E-state index contributed by atoms with van der Waals surface area (Å²) in [5.41, 5.74) is 0. The van der Waals surface area contributed by atoms with Crippen molar-refractivity contribution in [1.82, 2.24) is 0 Å². The van der Waals surface area contributed by atoms with Gasteiger partial charge in [0.05, 0.1) is 18.3 Å². The molecule has 3 heterocycles. The molecule has 18 heavy (non-hydrogen) atoms. The molecule has 1 amide bonds. The first-order chi connectivity index (χ1) is 8.65. The van der Waals surface area contributed by atoms with Crippen LogP contribution in [0.25, 0.3) is 0 Å². The van der Waals surface area contributed by atoms with Gasteiger partial charge in [-0.2, -0.15) is 0 Å². The Hall–Kier alpha value is 0.180. The fourth-order valence-corrected chi connectivity index (χ4v) is 6.05. The van der Waals surface area contributed by atoms with Gasteiger partial charge in [0.15, 0.2) is 0 Å². The zero-order chi connectivity index (χ0) is 12.7. The van der Waals surface area contributed by atoms with E-state index in [9.17, 15) is 4.79 Å². The second kappa shape index (κ2) is 5.28. The summed E-state index contributed by atoms with van der Waals surface area (Å²) in [4.78, 5) is 15.2. The highest BCUT2D eigenvalue weighted by Crippen LogP contribution is 2.46. The number of hydrogen-bond donors (Lipinski definition) is 0. The van der Waals surface area contributed by atoms with Gasteiger partial charge in [0.25, 0.3) is 0 Å². The third-order valence-electron chi connectivity index (χ3n) is 2.50. The number of carbonyl (C=O) groups excluding carboxylic acids is 1. The Balaban J connectivity index is 1.97. The van der Waals surface area contributed by atoms with Gasteiger partial charge in [-0.1, -0.05) is 0 Å². The van der Waals surface area contributed by atoms with Gasteiger partial charge in [-0.15, -0.1) is 34.4 Å². The van der Waals surface area contributed by atoms with E-state index in [4.69, 9.17) is 0 Å². The van der Waals surface area contributed by atoms with E-state index in [-0.39, 0.29) is 11.3 Å². The lowest BCUT2D eigenvalue weighted by atomic mass is 10.4. The number of halogens is 2. The van der Waals surface area contributed by atoms with Crippen molar-refractivity contribution in [3.05, 3.63) is 36.7 Å². The Bertz CT molecular complexity index is 595. The standard InChI is InChI=1S/C11H7Br2NOS3/c12-7-2-1-6(17-7)11-14(9(15)5-16-11)10-4-3-8(13)18-10/h1-4,11H,5H2. The van der Waals surface area contributed by atoms with Crippen LogP contribution in [0.5, 0.6) is 0 Å². The van der Waals surface area contributed by atoms with Crippen molar-refractivity contribution >= 4 is 77.2 Å². The molecule has 0 aromatic carbocycles. The largest absolute Gasteiger partial charge is 0.285 e. The molecule has 1 saturated heterocycles. The molecule has 0 bridgehead atoms. The lowest BCUT2D eigenvalue weighted by Crippen LogP contribution is -2.26. The zero-order valence-corrected chi connectivity index (χ0v) is 14.6. The fraction of sp³-hybridized carbons (Fsp3) is 0.182. The molecule has 3 rings (SSSR count). The number of thioether (sulfide) groups is 1. The lowest BCUT2D eigenvalue weighted by Gasteiger charge is -2.21. The van der Waals surface area contributed by atoms with E-state index in [1.54, 1.807) is 34.4 Å². The maximum atomic E-state index is 12.1. The highest BCUT2D eigenvalue weighted by Gasteiger charge is 2.35. The minimum Gasteiger partial charge on any atom is -0.285 e. The van der Waals surface area contributed by atoms with Crippen molar-refractivity contribution < 1.29 is 4.79 Å². The van der Waals surface area contributed by atoms with Crippen molar-refractivity contribution in [3.8, 4) is 0 Å². The molecule has 0 radical (unpaired) electrons. The fourth-order valence-electron chi connectivity index (χ4n) is 1.77. The second-order valence-corrected chi connectivity index (χ2v) is 9.65. The Labute approximate surface area is 134 Å². The number of thiophene rings is 2. The summed E-state index contributed by atoms with van der Waals surface area (Å²) < 4.78 is 2.15. The topological polar surface area (TPSA) is 20.3 Å². The molecule has 1 aliphatic heterocycles. The van der Waals surface area contributed by atoms with Crippen LogP contribution in [0.2, 0.25) is 0 Å². The third kappa shape index (κ3) is 2.43. The molecule has 2 aromatic rings. The highest BCUT2D eigenvalue weighted by molar-refractivity contribution is 9.11. The number of nitrogens with zero attached hydrogens (tertiary/aromatic N) is 1. The molecule has 1 aliphatic rings. The Morgan fingerprint density at radius 1 is 1.11 bits per heavy atom. The smallest absolute Gasteiger partial charge is 0.238 e. The van der Waals surface area contributed by atoms with E-state index in [0.29, 0.717) is 5.75 Å². The van der Waals surface area contributed by atoms with Crippen LogP contribution in [0.4, 0.5) is 5.00 Å². The van der Waals surface area contributed by atoms with Crippen LogP contribution >= 0.6 is 66.3 Å². The summed E-state index contributed by atoms with van der Waals surface area (Å²) in [5.74, 6) is 0.735. The highest BCUT2D eigenvalue weighted by atomic mass is 79.9. The van der Waals surface area contributed by atoms with E-state index in [1.807, 2.05) is 23.1 Å². The molecule has 94 valence electrons. The first kappa shape index (κ1) is 13.2. The Kier molecular flexibility index (Phi) is 3.87. The predicted molar refractivity (Wildman–Crippen MR) is 86.7 cm³/mol. The van der Waals surface area contributed by atoms with Crippen LogP contribution in [0, 0.1) is 0 Å². The van der Waals surface area contributed by atoms with Crippen LogP contribution in [0.1, 0.15) is 10.3 Å². The van der Waals surface area contributed by atoms with Gasteiger partial charge < -0.3 is 0 Å². The molecule has 2 nitrogen and oxygen atoms in total. The van der Waals surface area contributed by atoms with Crippen molar-refractivity contribution in [2.45, 2.75) is 5.37 Å². The molecule has 0 saturated carbocycles. The first-order valence-corrected chi connectivity index (χ1v) is 9.36. The average molecular weight is 425 g/mol. The van der Waals surface area contributed by atoms with Gasteiger partial charge >= 0.3 is 0 Å². The van der Waals surface area contributed by atoms with Gasteiger partial charge in [0.2, 0.25) is 5.91 Å². The normalized spacial score (nSPS) is 19.8. The number of carbonyl (C=O) groups is 1. The second-order valence-electron chi connectivity index (χ2n) is 3.65. The van der Waals surface area contributed by atoms with Gasteiger partial charge in [0, 0.05) is 4.88 Å². The van der Waals surface area contributed by atoms with E-state index in [1.165, 1.54) is 4.88 Å². The van der Waals surface area contributed by atoms with Gasteiger partial charge in [-0.25, -0.2) is 0 Å². The van der Waals surface area contributed by atoms with E-state index < -0.39 is 0 Å². The maximum Gasteiger partial charge on any atom is 0.238 e. The van der Waals surface area contributed by atoms with Crippen molar-refractivity contribution in [1.29, 1.82) is 0 Å². The molecule has 0 aliphatic carbocycles. The number of rotatable bonds is 2. The molecular formula is C11H7Br2NOS3. The minimum atomic E-state index is 0.111. The SMILES string of the molecule is O=C1CSC(c2ccc(Br)s2)N1c1ccc(Br)s1. The minimum absolute atomic E-state index is 0.111. The van der Waals surface area contributed by atoms with Gasteiger partial charge in [-0.05, 0) is 56.1 Å². The number of anilines is 1. The van der Waals surface area contributed by atoms with Crippen LogP contribution in [0.15, 0.2) is 31.8 Å². The van der Waals surface area contributed by atoms with Gasteiger partial charge in [-0.3, -0.25) is 9.69 Å². The van der Waals surface area contributed by atoms with E-state index in [2.05, 4.69) is 37.9 Å². The maximum absolute atomic E-state index is 12.1. The van der Waals surface area contributed by atoms with E-state index >= 15 is 0 Å². The van der Waals surface area contributed by atoms with Crippen LogP contribution in [-0.4, -0.2) is 11.7 Å². The van der Waals surface area contributed by atoms with Crippen LogP contribution < -0.4 is 4.90 Å². The van der Waals surface area contributed by atoms with E-state index in [0.717, 1.165) is 12.6 Å².